The SMILES string of the molecule is CCCc1ccc(C2(N)CCC2)cc1. The summed E-state index contributed by atoms with van der Waals surface area (Å²) in [5, 5.41) is 0. The summed E-state index contributed by atoms with van der Waals surface area (Å²) < 4.78 is 0. The summed E-state index contributed by atoms with van der Waals surface area (Å²) in [4.78, 5) is 0. The average molecular weight is 189 g/mol. The van der Waals surface area contributed by atoms with Crippen LogP contribution in [0.25, 0.3) is 0 Å². The molecule has 0 aromatic heterocycles. The van der Waals surface area contributed by atoms with Gasteiger partial charge >= 0.3 is 0 Å². The first-order valence-electron chi connectivity index (χ1n) is 5.63. The minimum atomic E-state index is 0.00471. The molecule has 14 heavy (non-hydrogen) atoms. The number of benzene rings is 1. The molecule has 2 N–H and O–H groups in total. The van der Waals surface area contributed by atoms with Crippen molar-refractivity contribution >= 4 is 0 Å². The molecule has 0 aliphatic heterocycles. The van der Waals surface area contributed by atoms with E-state index >= 15 is 0 Å². The Labute approximate surface area is 86.3 Å². The summed E-state index contributed by atoms with van der Waals surface area (Å²) in [6.07, 6.45) is 5.98. The fraction of sp³-hybridized carbons (Fsp3) is 0.538. The van der Waals surface area contributed by atoms with Gasteiger partial charge in [-0.2, -0.15) is 0 Å². The Bertz CT molecular complexity index is 296. The molecule has 1 aromatic rings. The first-order chi connectivity index (χ1) is 6.74. The van der Waals surface area contributed by atoms with Gasteiger partial charge in [0.25, 0.3) is 0 Å². The molecule has 0 heterocycles. The van der Waals surface area contributed by atoms with Crippen LogP contribution in [0.2, 0.25) is 0 Å². The third-order valence-electron chi connectivity index (χ3n) is 3.31. The predicted molar refractivity (Wildman–Crippen MR) is 60.2 cm³/mol. The van der Waals surface area contributed by atoms with Crippen LogP contribution >= 0.6 is 0 Å². The average Bonchev–Trinajstić information content (AvgIpc) is 2.16. The van der Waals surface area contributed by atoms with Gasteiger partial charge in [-0.1, -0.05) is 37.6 Å². The highest BCUT2D eigenvalue weighted by molar-refractivity contribution is 5.30. The summed E-state index contributed by atoms with van der Waals surface area (Å²) in [5.41, 5.74) is 9.01. The van der Waals surface area contributed by atoms with Crippen molar-refractivity contribution in [1.82, 2.24) is 0 Å². The van der Waals surface area contributed by atoms with Gasteiger partial charge in [-0.05, 0) is 36.8 Å². The van der Waals surface area contributed by atoms with E-state index in [4.69, 9.17) is 5.73 Å². The number of hydrogen-bond acceptors (Lipinski definition) is 1. The summed E-state index contributed by atoms with van der Waals surface area (Å²) in [6.45, 7) is 2.21. The van der Waals surface area contributed by atoms with Gasteiger partial charge in [-0.3, -0.25) is 0 Å². The van der Waals surface area contributed by atoms with Crippen molar-refractivity contribution in [2.24, 2.45) is 5.73 Å². The number of hydrogen-bond donors (Lipinski definition) is 1. The molecule has 0 amide bonds. The highest BCUT2D eigenvalue weighted by atomic mass is 14.8. The molecular formula is C13H19N. The molecular weight excluding hydrogens is 170 g/mol. The molecule has 1 aliphatic carbocycles. The topological polar surface area (TPSA) is 26.0 Å². The largest absolute Gasteiger partial charge is 0.321 e. The molecule has 0 atom stereocenters. The summed E-state index contributed by atoms with van der Waals surface area (Å²) in [7, 11) is 0. The Morgan fingerprint density at radius 2 is 1.86 bits per heavy atom. The maximum absolute atomic E-state index is 6.25. The van der Waals surface area contributed by atoms with Gasteiger partial charge in [0.05, 0.1) is 0 Å². The zero-order chi connectivity index (χ0) is 10.0. The zero-order valence-electron chi connectivity index (χ0n) is 8.92. The van der Waals surface area contributed by atoms with Crippen molar-refractivity contribution in [3.63, 3.8) is 0 Å². The fourth-order valence-corrected chi connectivity index (χ4v) is 2.14. The minimum absolute atomic E-state index is 0.00471. The van der Waals surface area contributed by atoms with Gasteiger partial charge in [0.15, 0.2) is 0 Å². The minimum Gasteiger partial charge on any atom is -0.321 e. The Kier molecular flexibility index (Phi) is 2.60. The first kappa shape index (κ1) is 9.72. The monoisotopic (exact) mass is 189 g/mol. The van der Waals surface area contributed by atoms with Gasteiger partial charge in [0.1, 0.15) is 0 Å². The van der Waals surface area contributed by atoms with Crippen molar-refractivity contribution in [2.45, 2.75) is 44.6 Å². The van der Waals surface area contributed by atoms with E-state index < -0.39 is 0 Å². The number of nitrogens with two attached hydrogens (primary N) is 1. The molecule has 0 unspecified atom stereocenters. The highest BCUT2D eigenvalue weighted by Crippen LogP contribution is 2.38. The third kappa shape index (κ3) is 1.69. The second-order valence-corrected chi connectivity index (χ2v) is 4.46. The lowest BCUT2D eigenvalue weighted by molar-refractivity contribution is 0.253. The molecule has 1 saturated carbocycles. The van der Waals surface area contributed by atoms with Crippen LogP contribution in [-0.2, 0) is 12.0 Å². The Hall–Kier alpha value is -0.820. The van der Waals surface area contributed by atoms with E-state index in [0.717, 1.165) is 12.8 Å². The van der Waals surface area contributed by atoms with Crippen molar-refractivity contribution in [2.75, 3.05) is 0 Å². The van der Waals surface area contributed by atoms with E-state index in [9.17, 15) is 0 Å². The summed E-state index contributed by atoms with van der Waals surface area (Å²) in [6, 6.07) is 8.88. The molecule has 1 nitrogen and oxygen atoms in total. The van der Waals surface area contributed by atoms with Crippen LogP contribution in [0.4, 0.5) is 0 Å². The van der Waals surface area contributed by atoms with E-state index in [1.807, 2.05) is 0 Å². The normalized spacial score (nSPS) is 19.0. The zero-order valence-corrected chi connectivity index (χ0v) is 8.92. The van der Waals surface area contributed by atoms with Crippen LogP contribution in [0.1, 0.15) is 43.7 Å². The third-order valence-corrected chi connectivity index (χ3v) is 3.31. The fourth-order valence-electron chi connectivity index (χ4n) is 2.14. The van der Waals surface area contributed by atoms with E-state index in [2.05, 4.69) is 31.2 Å². The molecule has 2 rings (SSSR count). The van der Waals surface area contributed by atoms with Gasteiger partial charge < -0.3 is 5.73 Å². The molecule has 1 aromatic carbocycles. The summed E-state index contributed by atoms with van der Waals surface area (Å²) >= 11 is 0. The van der Waals surface area contributed by atoms with Gasteiger partial charge in [0.2, 0.25) is 0 Å². The molecule has 0 saturated heterocycles. The van der Waals surface area contributed by atoms with E-state index in [1.54, 1.807) is 0 Å². The van der Waals surface area contributed by atoms with Gasteiger partial charge in [-0.25, -0.2) is 0 Å². The molecule has 0 radical (unpaired) electrons. The lowest BCUT2D eigenvalue weighted by Gasteiger charge is -2.38. The first-order valence-corrected chi connectivity index (χ1v) is 5.63. The van der Waals surface area contributed by atoms with Crippen molar-refractivity contribution in [3.05, 3.63) is 35.4 Å². The lowest BCUT2D eigenvalue weighted by atomic mass is 9.72. The number of aryl methyl sites for hydroxylation is 1. The number of rotatable bonds is 3. The van der Waals surface area contributed by atoms with E-state index in [0.29, 0.717) is 0 Å². The molecule has 0 spiro atoms. The summed E-state index contributed by atoms with van der Waals surface area (Å²) in [5.74, 6) is 0. The lowest BCUT2D eigenvalue weighted by Crippen LogP contribution is -2.43. The van der Waals surface area contributed by atoms with Crippen LogP contribution in [0.5, 0.6) is 0 Å². The smallest absolute Gasteiger partial charge is 0.0409 e. The molecule has 76 valence electrons. The molecule has 1 heteroatoms. The van der Waals surface area contributed by atoms with Crippen LogP contribution in [0, 0.1) is 0 Å². The quantitative estimate of drug-likeness (QED) is 0.777. The molecule has 1 aliphatic rings. The molecule has 0 bridgehead atoms. The predicted octanol–water partition coefficient (Wildman–Crippen LogP) is 2.98. The van der Waals surface area contributed by atoms with E-state index in [-0.39, 0.29) is 5.54 Å². The standard InChI is InChI=1S/C13H19N/c1-2-4-11-5-7-12(8-6-11)13(14)9-3-10-13/h5-8H,2-4,9-10,14H2,1H3. The van der Waals surface area contributed by atoms with Crippen molar-refractivity contribution in [1.29, 1.82) is 0 Å². The van der Waals surface area contributed by atoms with Crippen LogP contribution in [0.3, 0.4) is 0 Å². The van der Waals surface area contributed by atoms with Gasteiger partial charge in [-0.15, -0.1) is 0 Å². The second-order valence-electron chi connectivity index (χ2n) is 4.46. The maximum atomic E-state index is 6.25. The highest BCUT2D eigenvalue weighted by Gasteiger charge is 2.33. The Morgan fingerprint density at radius 1 is 1.21 bits per heavy atom. The Balaban J connectivity index is 2.13. The second kappa shape index (κ2) is 3.74. The Morgan fingerprint density at radius 3 is 2.29 bits per heavy atom. The van der Waals surface area contributed by atoms with Crippen LogP contribution in [-0.4, -0.2) is 0 Å². The maximum Gasteiger partial charge on any atom is 0.0409 e. The van der Waals surface area contributed by atoms with E-state index in [1.165, 1.54) is 30.4 Å². The van der Waals surface area contributed by atoms with Crippen molar-refractivity contribution < 1.29 is 0 Å². The van der Waals surface area contributed by atoms with Crippen LogP contribution < -0.4 is 5.73 Å². The van der Waals surface area contributed by atoms with Crippen molar-refractivity contribution in [3.8, 4) is 0 Å². The van der Waals surface area contributed by atoms with Gasteiger partial charge in [0, 0.05) is 5.54 Å². The van der Waals surface area contributed by atoms with Crippen LogP contribution in [0.15, 0.2) is 24.3 Å². The molecule has 1 fully saturated rings.